The molecular weight excluding hydrogens is 278 g/mol. The molecule has 3 nitrogen and oxygen atoms in total. The number of thiophene rings is 1. The molecule has 0 aliphatic carbocycles. The van der Waals surface area contributed by atoms with Gasteiger partial charge >= 0.3 is 0 Å². The molecule has 19 heavy (non-hydrogen) atoms. The van der Waals surface area contributed by atoms with Crippen LogP contribution in [-0.2, 0) is 17.6 Å². The number of ketones is 1. The van der Waals surface area contributed by atoms with E-state index in [0.717, 1.165) is 23.4 Å². The quantitative estimate of drug-likeness (QED) is 0.579. The highest BCUT2D eigenvalue weighted by molar-refractivity contribution is 7.14. The van der Waals surface area contributed by atoms with Crippen molar-refractivity contribution >= 4 is 28.5 Å². The minimum atomic E-state index is 0.0747. The second kappa shape index (κ2) is 6.93. The Morgan fingerprint density at radius 3 is 2.89 bits per heavy atom. The van der Waals surface area contributed by atoms with Crippen LogP contribution >= 0.6 is 22.7 Å². The smallest absolute Gasteiger partial charge is 0.198 e. The number of thiazole rings is 1. The minimum Gasteiger partial charge on any atom is -0.373 e. The first-order valence-corrected chi connectivity index (χ1v) is 7.99. The van der Waals surface area contributed by atoms with Crippen molar-refractivity contribution in [2.45, 2.75) is 26.7 Å². The number of hydrogen-bond donors (Lipinski definition) is 0. The summed E-state index contributed by atoms with van der Waals surface area (Å²) >= 11 is 3.20. The zero-order chi connectivity index (χ0) is 13.7. The number of aromatic nitrogens is 1. The molecule has 0 bridgehead atoms. The van der Waals surface area contributed by atoms with Gasteiger partial charge in [0.15, 0.2) is 5.78 Å². The van der Waals surface area contributed by atoms with Gasteiger partial charge in [-0.3, -0.25) is 4.79 Å². The van der Waals surface area contributed by atoms with E-state index in [1.807, 2.05) is 24.6 Å². The average Bonchev–Trinajstić information content (AvgIpc) is 3.03. The van der Waals surface area contributed by atoms with Crippen molar-refractivity contribution in [3.05, 3.63) is 38.0 Å². The summed E-state index contributed by atoms with van der Waals surface area (Å²) in [5, 5.41) is 0. The lowest BCUT2D eigenvalue weighted by Crippen LogP contribution is -2.09. The number of ether oxygens (including phenoxy) is 1. The molecule has 2 heterocycles. The molecule has 0 spiro atoms. The third-order valence-electron chi connectivity index (χ3n) is 2.84. The van der Waals surface area contributed by atoms with Gasteiger partial charge in [-0.1, -0.05) is 6.92 Å². The second-order valence-corrected chi connectivity index (χ2v) is 6.31. The molecule has 0 N–H and O–H groups in total. The summed E-state index contributed by atoms with van der Waals surface area (Å²) in [5.41, 5.74) is 2.90. The molecular formula is C14H17NO2S2. The predicted octanol–water partition coefficient (Wildman–Crippen LogP) is 3.52. The van der Waals surface area contributed by atoms with Crippen molar-refractivity contribution < 1.29 is 9.53 Å². The van der Waals surface area contributed by atoms with Gasteiger partial charge in [0.1, 0.15) is 6.61 Å². The van der Waals surface area contributed by atoms with Gasteiger partial charge in [0, 0.05) is 16.2 Å². The summed E-state index contributed by atoms with van der Waals surface area (Å²) in [6, 6.07) is 3.90. The highest BCUT2D eigenvalue weighted by Crippen LogP contribution is 2.17. The normalized spacial score (nSPS) is 10.8. The Morgan fingerprint density at radius 2 is 2.26 bits per heavy atom. The molecule has 0 aromatic carbocycles. The van der Waals surface area contributed by atoms with Gasteiger partial charge in [0.05, 0.1) is 22.7 Å². The van der Waals surface area contributed by atoms with Crippen molar-refractivity contribution in [1.82, 2.24) is 4.98 Å². The van der Waals surface area contributed by atoms with Gasteiger partial charge in [0.25, 0.3) is 0 Å². The first-order chi connectivity index (χ1) is 9.20. The predicted molar refractivity (Wildman–Crippen MR) is 79.4 cm³/mol. The zero-order valence-corrected chi connectivity index (χ0v) is 12.8. The number of nitrogens with zero attached hydrogens (tertiary/aromatic N) is 1. The Hall–Kier alpha value is -1.04. The van der Waals surface area contributed by atoms with E-state index in [9.17, 15) is 4.79 Å². The van der Waals surface area contributed by atoms with Crippen molar-refractivity contribution in [2.75, 3.05) is 13.2 Å². The van der Waals surface area contributed by atoms with Crippen LogP contribution in [0.3, 0.4) is 0 Å². The average molecular weight is 295 g/mol. The first-order valence-electron chi connectivity index (χ1n) is 6.29. The molecule has 2 aromatic heterocycles. The van der Waals surface area contributed by atoms with E-state index in [1.165, 1.54) is 9.75 Å². The van der Waals surface area contributed by atoms with Crippen LogP contribution in [0, 0.1) is 6.92 Å². The molecule has 0 aliphatic rings. The van der Waals surface area contributed by atoms with Crippen molar-refractivity contribution in [3.8, 4) is 0 Å². The third kappa shape index (κ3) is 3.96. The van der Waals surface area contributed by atoms with Crippen LogP contribution in [0.2, 0.25) is 0 Å². The lowest BCUT2D eigenvalue weighted by Gasteiger charge is -2.02. The number of carbonyl (C=O) groups excluding carboxylic acids is 1. The first kappa shape index (κ1) is 14.4. The van der Waals surface area contributed by atoms with Gasteiger partial charge in [-0.25, -0.2) is 4.98 Å². The Balaban J connectivity index is 1.73. The van der Waals surface area contributed by atoms with Crippen LogP contribution in [0.5, 0.6) is 0 Å². The number of aryl methyl sites for hydroxylation is 2. The van der Waals surface area contributed by atoms with Gasteiger partial charge in [-0.05, 0) is 25.5 Å². The van der Waals surface area contributed by atoms with Crippen LogP contribution in [0.4, 0.5) is 0 Å². The highest BCUT2D eigenvalue weighted by Gasteiger charge is 2.09. The van der Waals surface area contributed by atoms with Crippen molar-refractivity contribution in [3.63, 3.8) is 0 Å². The molecule has 2 rings (SSSR count). The van der Waals surface area contributed by atoms with E-state index in [-0.39, 0.29) is 12.4 Å². The monoisotopic (exact) mass is 295 g/mol. The number of hydrogen-bond acceptors (Lipinski definition) is 5. The Bertz CT molecular complexity index is 545. The summed E-state index contributed by atoms with van der Waals surface area (Å²) in [7, 11) is 0. The molecule has 2 aromatic rings. The van der Waals surface area contributed by atoms with E-state index in [0.29, 0.717) is 6.61 Å². The van der Waals surface area contributed by atoms with E-state index < -0.39 is 0 Å². The van der Waals surface area contributed by atoms with E-state index in [2.05, 4.69) is 11.9 Å². The second-order valence-electron chi connectivity index (χ2n) is 4.21. The Kier molecular flexibility index (Phi) is 5.24. The van der Waals surface area contributed by atoms with Gasteiger partial charge in [-0.2, -0.15) is 0 Å². The summed E-state index contributed by atoms with van der Waals surface area (Å²) in [6.07, 6.45) is 1.80. The van der Waals surface area contributed by atoms with E-state index >= 15 is 0 Å². The molecule has 0 fully saturated rings. The zero-order valence-electron chi connectivity index (χ0n) is 11.1. The van der Waals surface area contributed by atoms with Crippen molar-refractivity contribution in [1.29, 1.82) is 0 Å². The molecule has 0 unspecified atom stereocenters. The maximum atomic E-state index is 11.9. The molecule has 102 valence electrons. The van der Waals surface area contributed by atoms with Crippen LogP contribution in [-0.4, -0.2) is 24.0 Å². The molecule has 0 radical (unpaired) electrons. The molecule has 0 saturated carbocycles. The molecule has 0 atom stereocenters. The van der Waals surface area contributed by atoms with Crippen LogP contribution in [0.15, 0.2) is 17.6 Å². The fourth-order valence-electron chi connectivity index (χ4n) is 1.68. The molecule has 5 heteroatoms. The number of Topliss-reactive ketones (excluding diaryl/α,β-unsaturated/α-hetero) is 1. The van der Waals surface area contributed by atoms with Crippen LogP contribution < -0.4 is 0 Å². The fourth-order valence-corrected chi connectivity index (χ4v) is 3.32. The lowest BCUT2D eigenvalue weighted by molar-refractivity contribution is 0.0770. The molecule has 0 amide bonds. The van der Waals surface area contributed by atoms with Gasteiger partial charge in [-0.15, -0.1) is 22.7 Å². The highest BCUT2D eigenvalue weighted by atomic mass is 32.1. The largest absolute Gasteiger partial charge is 0.373 e. The third-order valence-corrected chi connectivity index (χ3v) is 5.10. The maximum Gasteiger partial charge on any atom is 0.198 e. The summed E-state index contributed by atoms with van der Waals surface area (Å²) in [5.74, 6) is 0.0747. The number of rotatable bonds is 7. The Labute approximate surface area is 121 Å². The molecule has 0 aliphatic heterocycles. The standard InChI is InChI=1S/C14H17NO2S2/c1-3-11-4-5-14(19-11)12(16)8-17-7-6-13-10(2)15-9-18-13/h4-5,9H,3,6-8H2,1-2H3. The summed E-state index contributed by atoms with van der Waals surface area (Å²) in [4.78, 5) is 19.3. The SMILES string of the molecule is CCc1ccc(C(=O)COCCc2scnc2C)s1. The van der Waals surface area contributed by atoms with Crippen LogP contribution in [0.25, 0.3) is 0 Å². The summed E-state index contributed by atoms with van der Waals surface area (Å²) < 4.78 is 5.46. The lowest BCUT2D eigenvalue weighted by atomic mass is 10.3. The maximum absolute atomic E-state index is 11.9. The minimum absolute atomic E-state index is 0.0747. The van der Waals surface area contributed by atoms with Gasteiger partial charge in [0.2, 0.25) is 0 Å². The molecule has 0 saturated heterocycles. The summed E-state index contributed by atoms with van der Waals surface area (Å²) in [6.45, 7) is 4.82. The van der Waals surface area contributed by atoms with Crippen LogP contribution in [0.1, 0.15) is 32.0 Å². The Morgan fingerprint density at radius 1 is 1.42 bits per heavy atom. The van der Waals surface area contributed by atoms with E-state index in [1.54, 1.807) is 22.7 Å². The van der Waals surface area contributed by atoms with Crippen molar-refractivity contribution in [2.24, 2.45) is 0 Å². The van der Waals surface area contributed by atoms with Gasteiger partial charge < -0.3 is 4.74 Å². The number of carbonyl (C=O) groups is 1. The van der Waals surface area contributed by atoms with E-state index in [4.69, 9.17) is 4.74 Å². The fraction of sp³-hybridized carbons (Fsp3) is 0.429. The topological polar surface area (TPSA) is 39.2 Å².